The molecule has 6 heteroatoms. The van der Waals surface area contributed by atoms with Crippen LogP contribution in [-0.4, -0.2) is 19.6 Å². The molecule has 0 amide bonds. The molecule has 2 unspecified atom stereocenters. The summed E-state index contributed by atoms with van der Waals surface area (Å²) in [4.78, 5) is 0.134. The Balaban J connectivity index is 2.15. The summed E-state index contributed by atoms with van der Waals surface area (Å²) in [6.07, 6.45) is 3.98. The van der Waals surface area contributed by atoms with Crippen LogP contribution >= 0.6 is 0 Å². The quantitative estimate of drug-likeness (QED) is 0.887. The molecule has 5 nitrogen and oxygen atoms in total. The van der Waals surface area contributed by atoms with Gasteiger partial charge in [-0.2, -0.15) is 0 Å². The maximum atomic E-state index is 12.3. The molecule has 2 N–H and O–H groups in total. The van der Waals surface area contributed by atoms with Crippen molar-refractivity contribution in [3.05, 3.63) is 17.6 Å². The molecule has 0 spiro atoms. The number of rotatable bonds is 4. The van der Waals surface area contributed by atoms with Crippen LogP contribution in [0.2, 0.25) is 0 Å². The van der Waals surface area contributed by atoms with Gasteiger partial charge in [-0.05, 0) is 25.7 Å². The molecule has 0 aromatic carbocycles. The van der Waals surface area contributed by atoms with Crippen LogP contribution in [0.4, 0.5) is 0 Å². The third-order valence-electron chi connectivity index (χ3n) is 3.63. The zero-order chi connectivity index (χ0) is 14.0. The lowest BCUT2D eigenvalue weighted by molar-refractivity contribution is 0.244. The van der Waals surface area contributed by atoms with Gasteiger partial charge in [0.15, 0.2) is 0 Å². The van der Waals surface area contributed by atoms with Crippen molar-refractivity contribution in [2.75, 3.05) is 0 Å². The fraction of sp³-hybridized carbons (Fsp3) is 0.692. The van der Waals surface area contributed by atoms with Gasteiger partial charge < -0.3 is 9.52 Å². The molecule has 0 saturated heterocycles. The highest BCUT2D eigenvalue weighted by Gasteiger charge is 2.27. The van der Waals surface area contributed by atoms with Crippen molar-refractivity contribution in [1.82, 2.24) is 4.72 Å². The molecule has 0 radical (unpaired) electrons. The summed E-state index contributed by atoms with van der Waals surface area (Å²) < 4.78 is 32.6. The lowest BCUT2D eigenvalue weighted by Crippen LogP contribution is -2.38. The molecular formula is C13H21NO4S. The SMILES string of the molecule is Cc1oc(CO)cc1S(=O)(=O)NC1CCCC(C)C1. The van der Waals surface area contributed by atoms with Crippen molar-refractivity contribution in [2.45, 2.75) is 57.1 Å². The Kier molecular flexibility index (Phi) is 4.32. The summed E-state index contributed by atoms with van der Waals surface area (Å²) in [6.45, 7) is 3.45. The minimum Gasteiger partial charge on any atom is -0.462 e. The van der Waals surface area contributed by atoms with Crippen molar-refractivity contribution in [2.24, 2.45) is 5.92 Å². The number of aliphatic hydroxyl groups excluding tert-OH is 1. The lowest BCUT2D eigenvalue weighted by atomic mass is 9.88. The largest absolute Gasteiger partial charge is 0.462 e. The molecule has 1 aromatic heterocycles. The summed E-state index contributed by atoms with van der Waals surface area (Å²) in [6, 6.07) is 1.39. The van der Waals surface area contributed by atoms with E-state index in [1.807, 2.05) is 0 Å². The van der Waals surface area contributed by atoms with Gasteiger partial charge in [-0.1, -0.05) is 19.8 Å². The monoisotopic (exact) mass is 287 g/mol. The minimum atomic E-state index is -3.56. The molecule has 2 rings (SSSR count). The maximum Gasteiger partial charge on any atom is 0.244 e. The van der Waals surface area contributed by atoms with Gasteiger partial charge in [0.2, 0.25) is 10.0 Å². The van der Waals surface area contributed by atoms with E-state index in [0.717, 1.165) is 25.7 Å². The van der Waals surface area contributed by atoms with E-state index in [2.05, 4.69) is 11.6 Å². The van der Waals surface area contributed by atoms with Crippen LogP contribution in [0.1, 0.15) is 44.1 Å². The predicted octanol–water partition coefficient (Wildman–Crippen LogP) is 1.94. The minimum absolute atomic E-state index is 0.000580. The van der Waals surface area contributed by atoms with Crippen LogP contribution < -0.4 is 4.72 Å². The summed E-state index contributed by atoms with van der Waals surface area (Å²) in [5.74, 6) is 1.15. The fourth-order valence-corrected chi connectivity index (χ4v) is 4.18. The van der Waals surface area contributed by atoms with E-state index in [9.17, 15) is 8.42 Å². The molecule has 1 aliphatic rings. The first-order valence-corrected chi connectivity index (χ1v) is 8.13. The van der Waals surface area contributed by atoms with Gasteiger partial charge >= 0.3 is 0 Å². The molecule has 108 valence electrons. The molecule has 1 aromatic rings. The summed E-state index contributed by atoms with van der Waals surface area (Å²) in [7, 11) is -3.56. The Morgan fingerprint density at radius 1 is 1.47 bits per heavy atom. The zero-order valence-corrected chi connectivity index (χ0v) is 12.2. The number of sulfonamides is 1. The Bertz CT molecular complexity index is 535. The van der Waals surface area contributed by atoms with E-state index < -0.39 is 10.0 Å². The summed E-state index contributed by atoms with van der Waals surface area (Å²) in [5, 5.41) is 8.99. The summed E-state index contributed by atoms with van der Waals surface area (Å²) >= 11 is 0. The van der Waals surface area contributed by atoms with E-state index >= 15 is 0 Å². The Labute approximate surface area is 114 Å². The second-order valence-corrected chi connectivity index (χ2v) is 7.06. The number of aliphatic hydroxyl groups is 1. The van der Waals surface area contributed by atoms with E-state index in [1.165, 1.54) is 6.07 Å². The highest BCUT2D eigenvalue weighted by molar-refractivity contribution is 7.89. The Hall–Kier alpha value is -0.850. The van der Waals surface area contributed by atoms with Gasteiger partial charge in [0.05, 0.1) is 0 Å². The molecule has 1 aliphatic carbocycles. The smallest absolute Gasteiger partial charge is 0.244 e. The van der Waals surface area contributed by atoms with Gasteiger partial charge in [-0.15, -0.1) is 0 Å². The molecule has 0 aliphatic heterocycles. The van der Waals surface area contributed by atoms with Crippen molar-refractivity contribution in [3.63, 3.8) is 0 Å². The van der Waals surface area contributed by atoms with Crippen molar-refractivity contribution < 1.29 is 17.9 Å². The first-order chi connectivity index (χ1) is 8.92. The van der Waals surface area contributed by atoms with Crippen LogP contribution in [0.3, 0.4) is 0 Å². The zero-order valence-electron chi connectivity index (χ0n) is 11.3. The number of hydrogen-bond acceptors (Lipinski definition) is 4. The molecule has 0 bridgehead atoms. The van der Waals surface area contributed by atoms with Crippen molar-refractivity contribution in [1.29, 1.82) is 0 Å². The van der Waals surface area contributed by atoms with E-state index in [-0.39, 0.29) is 23.3 Å². The van der Waals surface area contributed by atoms with Gasteiger partial charge in [0.25, 0.3) is 0 Å². The highest BCUT2D eigenvalue weighted by Crippen LogP contribution is 2.26. The average molecular weight is 287 g/mol. The normalized spacial score (nSPS) is 24.6. The molecular weight excluding hydrogens is 266 g/mol. The van der Waals surface area contributed by atoms with E-state index in [1.54, 1.807) is 6.92 Å². The molecule has 1 heterocycles. The van der Waals surface area contributed by atoms with Crippen LogP contribution in [0.5, 0.6) is 0 Å². The first kappa shape index (κ1) is 14.6. The van der Waals surface area contributed by atoms with Crippen molar-refractivity contribution in [3.8, 4) is 0 Å². The molecule has 19 heavy (non-hydrogen) atoms. The van der Waals surface area contributed by atoms with Gasteiger partial charge in [-0.25, -0.2) is 13.1 Å². The van der Waals surface area contributed by atoms with Crippen molar-refractivity contribution >= 4 is 10.0 Å². The van der Waals surface area contributed by atoms with Gasteiger partial charge in [0.1, 0.15) is 23.0 Å². The number of aryl methyl sites for hydroxylation is 1. The number of hydrogen-bond donors (Lipinski definition) is 2. The van der Waals surface area contributed by atoms with E-state index in [4.69, 9.17) is 9.52 Å². The first-order valence-electron chi connectivity index (χ1n) is 6.65. The third kappa shape index (κ3) is 3.38. The number of furan rings is 1. The Morgan fingerprint density at radius 2 is 2.21 bits per heavy atom. The molecule has 1 saturated carbocycles. The standard InChI is InChI=1S/C13H21NO4S/c1-9-4-3-5-11(6-9)14-19(16,17)13-7-12(8-15)18-10(13)2/h7,9,11,14-15H,3-6,8H2,1-2H3. The second kappa shape index (κ2) is 5.64. The van der Waals surface area contributed by atoms with Gasteiger partial charge in [0, 0.05) is 12.1 Å². The lowest BCUT2D eigenvalue weighted by Gasteiger charge is -2.27. The van der Waals surface area contributed by atoms with Crippen LogP contribution in [-0.2, 0) is 16.6 Å². The van der Waals surface area contributed by atoms with Gasteiger partial charge in [-0.3, -0.25) is 0 Å². The van der Waals surface area contributed by atoms with Crippen LogP contribution in [0, 0.1) is 12.8 Å². The van der Waals surface area contributed by atoms with Crippen LogP contribution in [0.15, 0.2) is 15.4 Å². The maximum absolute atomic E-state index is 12.3. The average Bonchev–Trinajstić information content (AvgIpc) is 2.71. The Morgan fingerprint density at radius 3 is 2.79 bits per heavy atom. The number of nitrogens with one attached hydrogen (secondary N) is 1. The molecule has 1 fully saturated rings. The summed E-state index contributed by atoms with van der Waals surface area (Å²) in [5.41, 5.74) is 0. The fourth-order valence-electron chi connectivity index (χ4n) is 2.69. The van der Waals surface area contributed by atoms with Crippen LogP contribution in [0.25, 0.3) is 0 Å². The molecule has 2 atom stereocenters. The topological polar surface area (TPSA) is 79.5 Å². The highest BCUT2D eigenvalue weighted by atomic mass is 32.2. The third-order valence-corrected chi connectivity index (χ3v) is 5.25. The predicted molar refractivity (Wildman–Crippen MR) is 71.1 cm³/mol. The van der Waals surface area contributed by atoms with E-state index in [0.29, 0.717) is 11.7 Å². The second-order valence-electron chi connectivity index (χ2n) is 5.38.